The van der Waals surface area contributed by atoms with Crippen molar-refractivity contribution in [1.29, 1.82) is 0 Å². The number of hydrogen-bond donors (Lipinski definition) is 1. The number of carbonyl (C=O) groups is 1. The van der Waals surface area contributed by atoms with Crippen LogP contribution in [0.4, 0.5) is 0 Å². The first-order valence-corrected chi connectivity index (χ1v) is 4.86. The van der Waals surface area contributed by atoms with Crippen LogP contribution in [0.2, 0.25) is 0 Å². The van der Waals surface area contributed by atoms with Gasteiger partial charge >= 0.3 is 5.97 Å². The quantitative estimate of drug-likeness (QED) is 0.817. The van der Waals surface area contributed by atoms with Crippen molar-refractivity contribution in [3.8, 4) is 11.5 Å². The molecule has 2 rings (SSSR count). The van der Waals surface area contributed by atoms with E-state index >= 15 is 0 Å². The number of para-hydroxylation sites is 1. The highest BCUT2D eigenvalue weighted by molar-refractivity contribution is 5.68. The van der Waals surface area contributed by atoms with Crippen molar-refractivity contribution >= 4 is 5.97 Å². The number of rotatable bonds is 3. The third-order valence-corrected chi connectivity index (χ3v) is 2.25. The van der Waals surface area contributed by atoms with Crippen molar-refractivity contribution in [2.75, 3.05) is 13.2 Å². The second kappa shape index (κ2) is 4.21. The standard InChI is InChI=1S/C11H12O4/c12-10(13)7-15-9-5-1-3-8-4-2-6-14-11(8)9/h1,3,5H,2,4,6-7H2,(H,12,13). The second-order valence-electron chi connectivity index (χ2n) is 3.38. The Morgan fingerprint density at radius 1 is 1.53 bits per heavy atom. The summed E-state index contributed by atoms with van der Waals surface area (Å²) in [7, 11) is 0. The van der Waals surface area contributed by atoms with Crippen LogP contribution in [0.3, 0.4) is 0 Å². The van der Waals surface area contributed by atoms with Gasteiger partial charge in [0.1, 0.15) is 0 Å². The minimum atomic E-state index is -0.983. The summed E-state index contributed by atoms with van der Waals surface area (Å²) < 4.78 is 10.6. The highest BCUT2D eigenvalue weighted by atomic mass is 16.5. The fraction of sp³-hybridized carbons (Fsp3) is 0.364. The molecule has 0 saturated heterocycles. The van der Waals surface area contributed by atoms with Gasteiger partial charge < -0.3 is 14.6 Å². The Kier molecular flexibility index (Phi) is 2.76. The van der Waals surface area contributed by atoms with Crippen LogP contribution < -0.4 is 9.47 Å². The van der Waals surface area contributed by atoms with Crippen LogP contribution in [0.1, 0.15) is 12.0 Å². The van der Waals surface area contributed by atoms with Crippen LogP contribution in [0.25, 0.3) is 0 Å². The molecule has 1 aliphatic heterocycles. The molecule has 0 unspecified atom stereocenters. The topological polar surface area (TPSA) is 55.8 Å². The number of fused-ring (bicyclic) bond motifs is 1. The van der Waals surface area contributed by atoms with Gasteiger partial charge in [0.2, 0.25) is 0 Å². The number of hydrogen-bond acceptors (Lipinski definition) is 3. The normalized spacial score (nSPS) is 13.9. The summed E-state index contributed by atoms with van der Waals surface area (Å²) in [5.41, 5.74) is 1.09. The van der Waals surface area contributed by atoms with Crippen LogP contribution in [0, 0.1) is 0 Å². The zero-order valence-electron chi connectivity index (χ0n) is 8.23. The minimum Gasteiger partial charge on any atom is -0.489 e. The molecule has 0 aromatic heterocycles. The fourth-order valence-corrected chi connectivity index (χ4v) is 1.61. The van der Waals surface area contributed by atoms with E-state index in [4.69, 9.17) is 14.6 Å². The van der Waals surface area contributed by atoms with E-state index < -0.39 is 5.97 Å². The predicted molar refractivity (Wildman–Crippen MR) is 53.4 cm³/mol. The molecule has 4 nitrogen and oxygen atoms in total. The van der Waals surface area contributed by atoms with Crippen molar-refractivity contribution in [2.24, 2.45) is 0 Å². The molecule has 1 N–H and O–H groups in total. The van der Waals surface area contributed by atoms with Crippen molar-refractivity contribution in [2.45, 2.75) is 12.8 Å². The monoisotopic (exact) mass is 208 g/mol. The van der Waals surface area contributed by atoms with E-state index in [0.717, 1.165) is 18.4 Å². The van der Waals surface area contributed by atoms with E-state index in [0.29, 0.717) is 18.1 Å². The molecule has 0 amide bonds. The van der Waals surface area contributed by atoms with Crippen LogP contribution in [0.5, 0.6) is 11.5 Å². The van der Waals surface area contributed by atoms with Crippen LogP contribution in [-0.4, -0.2) is 24.3 Å². The van der Waals surface area contributed by atoms with E-state index in [1.54, 1.807) is 6.07 Å². The van der Waals surface area contributed by atoms with Gasteiger partial charge in [-0.2, -0.15) is 0 Å². The molecule has 1 aromatic rings. The Morgan fingerprint density at radius 3 is 3.20 bits per heavy atom. The third kappa shape index (κ3) is 2.21. The number of aryl methyl sites for hydroxylation is 1. The summed E-state index contributed by atoms with van der Waals surface area (Å²) >= 11 is 0. The molecular formula is C11H12O4. The number of benzene rings is 1. The van der Waals surface area contributed by atoms with Crippen LogP contribution in [-0.2, 0) is 11.2 Å². The van der Waals surface area contributed by atoms with Gasteiger partial charge in [-0.05, 0) is 24.5 Å². The molecule has 0 radical (unpaired) electrons. The Hall–Kier alpha value is -1.71. The molecule has 15 heavy (non-hydrogen) atoms. The molecule has 4 heteroatoms. The summed E-state index contributed by atoms with van der Waals surface area (Å²) in [4.78, 5) is 10.4. The highest BCUT2D eigenvalue weighted by Gasteiger charge is 2.15. The lowest BCUT2D eigenvalue weighted by Crippen LogP contribution is -2.13. The molecule has 0 saturated carbocycles. The van der Waals surface area contributed by atoms with Crippen molar-refractivity contribution < 1.29 is 19.4 Å². The third-order valence-electron chi connectivity index (χ3n) is 2.25. The molecule has 80 valence electrons. The van der Waals surface area contributed by atoms with Gasteiger partial charge in [0, 0.05) is 0 Å². The van der Waals surface area contributed by atoms with E-state index in [9.17, 15) is 4.79 Å². The van der Waals surface area contributed by atoms with E-state index in [1.165, 1.54) is 0 Å². The van der Waals surface area contributed by atoms with E-state index in [1.807, 2.05) is 12.1 Å². The van der Waals surface area contributed by atoms with Crippen molar-refractivity contribution in [1.82, 2.24) is 0 Å². The SMILES string of the molecule is O=C(O)COc1cccc2c1OCCC2. The first-order valence-electron chi connectivity index (χ1n) is 4.86. The highest BCUT2D eigenvalue weighted by Crippen LogP contribution is 2.34. The zero-order valence-corrected chi connectivity index (χ0v) is 8.23. The maximum atomic E-state index is 10.4. The maximum absolute atomic E-state index is 10.4. The number of ether oxygens (including phenoxy) is 2. The maximum Gasteiger partial charge on any atom is 0.341 e. The van der Waals surface area contributed by atoms with Gasteiger partial charge in [-0.15, -0.1) is 0 Å². The van der Waals surface area contributed by atoms with Crippen LogP contribution >= 0.6 is 0 Å². The minimum absolute atomic E-state index is 0.334. The predicted octanol–water partition coefficient (Wildman–Crippen LogP) is 1.47. The van der Waals surface area contributed by atoms with E-state index in [-0.39, 0.29) is 6.61 Å². The number of carboxylic acid groups (broad SMARTS) is 1. The summed E-state index contributed by atoms with van der Waals surface area (Å²) in [5, 5.41) is 8.51. The van der Waals surface area contributed by atoms with Crippen molar-refractivity contribution in [3.05, 3.63) is 23.8 Å². The molecule has 0 atom stereocenters. The largest absolute Gasteiger partial charge is 0.489 e. The van der Waals surface area contributed by atoms with Crippen LogP contribution in [0.15, 0.2) is 18.2 Å². The Balaban J connectivity index is 2.19. The number of carboxylic acids is 1. The van der Waals surface area contributed by atoms with Gasteiger partial charge in [-0.25, -0.2) is 4.79 Å². The summed E-state index contributed by atoms with van der Waals surface area (Å²) in [6.45, 7) is 0.334. The van der Waals surface area contributed by atoms with Gasteiger partial charge in [-0.3, -0.25) is 0 Å². The Labute approximate surface area is 87.4 Å². The number of aliphatic carboxylic acids is 1. The zero-order chi connectivity index (χ0) is 10.7. The lowest BCUT2D eigenvalue weighted by atomic mass is 10.1. The Bertz CT molecular complexity index is 373. The first-order chi connectivity index (χ1) is 7.27. The average molecular weight is 208 g/mol. The first kappa shape index (κ1) is 9.83. The molecule has 0 fully saturated rings. The lowest BCUT2D eigenvalue weighted by Gasteiger charge is -2.19. The summed E-state index contributed by atoms with van der Waals surface area (Å²) in [6, 6.07) is 5.56. The average Bonchev–Trinajstić information content (AvgIpc) is 2.26. The van der Waals surface area contributed by atoms with Gasteiger partial charge in [0.15, 0.2) is 18.1 Å². The molecule has 1 aromatic carbocycles. The smallest absolute Gasteiger partial charge is 0.341 e. The molecule has 0 aliphatic carbocycles. The van der Waals surface area contributed by atoms with Gasteiger partial charge in [0.05, 0.1) is 6.61 Å². The summed E-state index contributed by atoms with van der Waals surface area (Å²) in [5.74, 6) is 0.239. The summed E-state index contributed by atoms with van der Waals surface area (Å²) in [6.07, 6.45) is 1.95. The molecule has 0 spiro atoms. The molecule has 1 aliphatic rings. The Morgan fingerprint density at radius 2 is 2.40 bits per heavy atom. The van der Waals surface area contributed by atoms with E-state index in [2.05, 4.69) is 0 Å². The van der Waals surface area contributed by atoms with Crippen molar-refractivity contribution in [3.63, 3.8) is 0 Å². The molecular weight excluding hydrogens is 196 g/mol. The van der Waals surface area contributed by atoms with Gasteiger partial charge in [0.25, 0.3) is 0 Å². The fourth-order valence-electron chi connectivity index (χ4n) is 1.61. The molecule has 0 bridgehead atoms. The second-order valence-corrected chi connectivity index (χ2v) is 3.38. The molecule has 1 heterocycles. The van der Waals surface area contributed by atoms with Gasteiger partial charge in [-0.1, -0.05) is 12.1 Å². The lowest BCUT2D eigenvalue weighted by molar-refractivity contribution is -0.139.